The van der Waals surface area contributed by atoms with E-state index in [1.807, 2.05) is 0 Å². The molecule has 0 aromatic rings. The van der Waals surface area contributed by atoms with E-state index in [4.69, 9.17) is 0 Å². The standard InChI is InChI=1S/C18H37N3/c1-7-19-16-12-14(2)11-15(3)17(16)21(6)13-18(20(4)5)9-8-10-18/h14-17,19H,7-13H2,1-6H3. The maximum Gasteiger partial charge on any atom is 0.0330 e. The molecule has 2 rings (SSSR count). The maximum atomic E-state index is 3.77. The van der Waals surface area contributed by atoms with E-state index in [0.29, 0.717) is 17.6 Å². The van der Waals surface area contributed by atoms with Gasteiger partial charge < -0.3 is 10.2 Å². The van der Waals surface area contributed by atoms with Crippen LogP contribution in [0, 0.1) is 11.8 Å². The Morgan fingerprint density at radius 2 is 1.76 bits per heavy atom. The van der Waals surface area contributed by atoms with Crippen molar-refractivity contribution in [2.24, 2.45) is 11.8 Å². The zero-order valence-corrected chi connectivity index (χ0v) is 15.2. The minimum atomic E-state index is 0.439. The number of nitrogens with zero attached hydrogens (tertiary/aromatic N) is 2. The molecule has 0 amide bonds. The molecule has 0 bridgehead atoms. The lowest BCUT2D eigenvalue weighted by molar-refractivity contribution is -0.00985. The third-order valence-corrected chi connectivity index (χ3v) is 6.18. The van der Waals surface area contributed by atoms with Crippen molar-refractivity contribution in [3.8, 4) is 0 Å². The maximum absolute atomic E-state index is 3.77. The first-order valence-corrected chi connectivity index (χ1v) is 9.00. The quantitative estimate of drug-likeness (QED) is 0.813. The van der Waals surface area contributed by atoms with Gasteiger partial charge >= 0.3 is 0 Å². The normalized spacial score (nSPS) is 36.0. The van der Waals surface area contributed by atoms with Crippen LogP contribution in [0.3, 0.4) is 0 Å². The van der Waals surface area contributed by atoms with Crippen molar-refractivity contribution in [3.05, 3.63) is 0 Å². The third kappa shape index (κ3) is 3.62. The SMILES string of the molecule is CCNC1CC(C)CC(C)C1N(C)CC1(N(C)C)CCC1. The molecule has 0 aromatic carbocycles. The van der Waals surface area contributed by atoms with Crippen molar-refractivity contribution >= 4 is 0 Å². The summed E-state index contributed by atoms with van der Waals surface area (Å²) in [5.74, 6) is 1.65. The summed E-state index contributed by atoms with van der Waals surface area (Å²) >= 11 is 0. The van der Waals surface area contributed by atoms with Gasteiger partial charge in [0.2, 0.25) is 0 Å². The number of hydrogen-bond donors (Lipinski definition) is 1. The van der Waals surface area contributed by atoms with Gasteiger partial charge in [-0.25, -0.2) is 0 Å². The summed E-state index contributed by atoms with van der Waals surface area (Å²) in [5, 5.41) is 3.77. The Hall–Kier alpha value is -0.120. The average Bonchev–Trinajstić information content (AvgIpc) is 2.32. The molecule has 0 radical (unpaired) electrons. The highest BCUT2D eigenvalue weighted by atomic mass is 15.3. The van der Waals surface area contributed by atoms with E-state index in [1.165, 1.54) is 38.6 Å². The minimum Gasteiger partial charge on any atom is -0.313 e. The van der Waals surface area contributed by atoms with Crippen molar-refractivity contribution in [2.75, 3.05) is 34.2 Å². The van der Waals surface area contributed by atoms with Crippen LogP contribution in [-0.2, 0) is 0 Å². The van der Waals surface area contributed by atoms with Crippen LogP contribution in [0.15, 0.2) is 0 Å². The molecule has 4 unspecified atom stereocenters. The van der Waals surface area contributed by atoms with Crippen LogP contribution in [0.4, 0.5) is 0 Å². The molecule has 0 heterocycles. The molecule has 124 valence electrons. The Morgan fingerprint density at radius 3 is 2.24 bits per heavy atom. The van der Waals surface area contributed by atoms with Crippen molar-refractivity contribution in [3.63, 3.8) is 0 Å². The Labute approximate surface area is 132 Å². The topological polar surface area (TPSA) is 18.5 Å². The van der Waals surface area contributed by atoms with Crippen molar-refractivity contribution < 1.29 is 0 Å². The molecule has 2 aliphatic rings. The van der Waals surface area contributed by atoms with Gasteiger partial charge in [-0.05, 0) is 71.6 Å². The number of likely N-dealkylation sites (N-methyl/N-ethyl adjacent to an activating group) is 3. The van der Waals surface area contributed by atoms with Gasteiger partial charge in [0.1, 0.15) is 0 Å². The van der Waals surface area contributed by atoms with Crippen molar-refractivity contribution in [1.29, 1.82) is 0 Å². The second-order valence-corrected chi connectivity index (χ2v) is 8.10. The van der Waals surface area contributed by atoms with Gasteiger partial charge in [-0.1, -0.05) is 20.8 Å². The van der Waals surface area contributed by atoms with Crippen LogP contribution in [0.25, 0.3) is 0 Å². The Morgan fingerprint density at radius 1 is 1.10 bits per heavy atom. The summed E-state index contributed by atoms with van der Waals surface area (Å²) in [7, 11) is 6.90. The Balaban J connectivity index is 2.05. The summed E-state index contributed by atoms with van der Waals surface area (Å²) in [6.07, 6.45) is 6.86. The zero-order chi connectivity index (χ0) is 15.6. The minimum absolute atomic E-state index is 0.439. The molecule has 3 nitrogen and oxygen atoms in total. The van der Waals surface area contributed by atoms with Gasteiger partial charge in [0.25, 0.3) is 0 Å². The van der Waals surface area contributed by atoms with Gasteiger partial charge in [-0.2, -0.15) is 0 Å². The van der Waals surface area contributed by atoms with Crippen LogP contribution < -0.4 is 5.32 Å². The molecular formula is C18H37N3. The lowest BCUT2D eigenvalue weighted by Crippen LogP contribution is -2.62. The van der Waals surface area contributed by atoms with Crippen LogP contribution in [-0.4, -0.2) is 61.7 Å². The molecule has 2 saturated carbocycles. The Bertz CT molecular complexity index is 324. The van der Waals surface area contributed by atoms with Crippen LogP contribution in [0.2, 0.25) is 0 Å². The summed E-state index contributed by atoms with van der Waals surface area (Å²) in [6.45, 7) is 9.45. The lowest BCUT2D eigenvalue weighted by Gasteiger charge is -2.53. The molecular weight excluding hydrogens is 258 g/mol. The number of hydrogen-bond acceptors (Lipinski definition) is 3. The van der Waals surface area contributed by atoms with Gasteiger partial charge in [-0.15, -0.1) is 0 Å². The molecule has 0 spiro atoms. The monoisotopic (exact) mass is 295 g/mol. The first kappa shape index (κ1) is 17.2. The fraction of sp³-hybridized carbons (Fsp3) is 1.00. The van der Waals surface area contributed by atoms with Crippen molar-refractivity contribution in [2.45, 2.75) is 70.5 Å². The summed E-state index contributed by atoms with van der Waals surface area (Å²) in [5.41, 5.74) is 0.439. The highest BCUT2D eigenvalue weighted by molar-refractivity contribution is 5.01. The third-order valence-electron chi connectivity index (χ3n) is 6.18. The molecule has 21 heavy (non-hydrogen) atoms. The fourth-order valence-corrected chi connectivity index (χ4v) is 4.95. The van der Waals surface area contributed by atoms with E-state index in [9.17, 15) is 0 Å². The molecule has 2 fully saturated rings. The van der Waals surface area contributed by atoms with E-state index < -0.39 is 0 Å². The predicted octanol–water partition coefficient (Wildman–Crippen LogP) is 2.82. The fourth-order valence-electron chi connectivity index (χ4n) is 4.95. The number of rotatable bonds is 6. The van der Waals surface area contributed by atoms with Crippen LogP contribution >= 0.6 is 0 Å². The van der Waals surface area contributed by atoms with E-state index in [1.54, 1.807) is 0 Å². The second-order valence-electron chi connectivity index (χ2n) is 8.10. The largest absolute Gasteiger partial charge is 0.313 e. The highest BCUT2D eigenvalue weighted by Crippen LogP contribution is 2.39. The second kappa shape index (κ2) is 6.97. The summed E-state index contributed by atoms with van der Waals surface area (Å²) < 4.78 is 0. The molecule has 0 aromatic heterocycles. The smallest absolute Gasteiger partial charge is 0.0330 e. The highest BCUT2D eigenvalue weighted by Gasteiger charge is 2.43. The first-order valence-electron chi connectivity index (χ1n) is 9.00. The molecule has 3 heteroatoms. The van der Waals surface area contributed by atoms with E-state index in [0.717, 1.165) is 18.4 Å². The van der Waals surface area contributed by atoms with E-state index in [2.05, 4.69) is 57.0 Å². The van der Waals surface area contributed by atoms with E-state index in [-0.39, 0.29) is 0 Å². The molecule has 1 N–H and O–H groups in total. The summed E-state index contributed by atoms with van der Waals surface area (Å²) in [4.78, 5) is 5.16. The lowest BCUT2D eigenvalue weighted by atomic mass is 9.72. The number of nitrogens with one attached hydrogen (secondary N) is 1. The van der Waals surface area contributed by atoms with E-state index >= 15 is 0 Å². The van der Waals surface area contributed by atoms with Gasteiger partial charge in [0, 0.05) is 24.2 Å². The van der Waals surface area contributed by atoms with Crippen molar-refractivity contribution in [1.82, 2.24) is 15.1 Å². The van der Waals surface area contributed by atoms with Crippen LogP contribution in [0.1, 0.15) is 52.9 Å². The summed E-state index contributed by atoms with van der Waals surface area (Å²) in [6, 6.07) is 1.36. The first-order chi connectivity index (χ1) is 9.89. The van der Waals surface area contributed by atoms with Gasteiger partial charge in [-0.3, -0.25) is 4.90 Å². The molecule has 2 aliphatic carbocycles. The van der Waals surface area contributed by atoms with Gasteiger partial charge in [0.05, 0.1) is 0 Å². The molecule has 0 saturated heterocycles. The average molecular weight is 296 g/mol. The van der Waals surface area contributed by atoms with Gasteiger partial charge in [0.15, 0.2) is 0 Å². The molecule has 0 aliphatic heterocycles. The Kier molecular flexibility index (Phi) is 5.72. The predicted molar refractivity (Wildman–Crippen MR) is 91.7 cm³/mol. The molecule has 4 atom stereocenters. The zero-order valence-electron chi connectivity index (χ0n) is 15.2. The van der Waals surface area contributed by atoms with Crippen LogP contribution in [0.5, 0.6) is 0 Å².